The molecule has 2 amide bonds. The van der Waals surface area contributed by atoms with Gasteiger partial charge in [0.1, 0.15) is 11.9 Å². The monoisotopic (exact) mass is 606 g/mol. The van der Waals surface area contributed by atoms with Crippen molar-refractivity contribution in [2.75, 3.05) is 14.2 Å². The molecule has 6 saturated carbocycles. The predicted molar refractivity (Wildman–Crippen MR) is 161 cm³/mol. The van der Waals surface area contributed by atoms with Crippen molar-refractivity contribution in [2.45, 2.75) is 88.0 Å². The second-order valence-corrected chi connectivity index (χ2v) is 13.2. The number of nitrogens with zero attached hydrogens (tertiary/aromatic N) is 2. The number of carbonyl (C=O) groups is 3. The van der Waals surface area contributed by atoms with E-state index in [1.165, 1.54) is 58.5 Å². The van der Waals surface area contributed by atoms with Gasteiger partial charge in [0, 0.05) is 24.3 Å². The molecule has 9 nitrogen and oxygen atoms in total. The Balaban J connectivity index is 0.000000193. The van der Waals surface area contributed by atoms with E-state index in [0.717, 1.165) is 43.2 Å². The number of methoxy groups -OCH3 is 2. The van der Waals surface area contributed by atoms with E-state index in [2.05, 4.69) is 15.6 Å². The maximum atomic E-state index is 13.9. The van der Waals surface area contributed by atoms with Gasteiger partial charge in [0.25, 0.3) is 0 Å². The number of halogens is 1. The van der Waals surface area contributed by atoms with E-state index in [1.807, 2.05) is 18.2 Å². The quantitative estimate of drug-likeness (QED) is 0.383. The normalized spacial score (nSPS) is 27.8. The van der Waals surface area contributed by atoms with Crippen LogP contribution in [0.5, 0.6) is 0 Å². The number of hydrogen-bond acceptors (Lipinski definition) is 7. The molecule has 1 heterocycles. The van der Waals surface area contributed by atoms with Crippen LogP contribution in [0.4, 0.5) is 9.18 Å². The lowest BCUT2D eigenvalue weighted by Gasteiger charge is -2.54. The summed E-state index contributed by atoms with van der Waals surface area (Å²) < 4.78 is 23.6. The minimum atomic E-state index is -0.917. The molecule has 0 spiro atoms. The van der Waals surface area contributed by atoms with Gasteiger partial charge in [-0.2, -0.15) is 0 Å². The highest BCUT2D eigenvalue weighted by molar-refractivity contribution is 5.85. The van der Waals surface area contributed by atoms with Gasteiger partial charge in [0.15, 0.2) is 6.04 Å². The van der Waals surface area contributed by atoms with E-state index in [4.69, 9.17) is 9.47 Å². The summed E-state index contributed by atoms with van der Waals surface area (Å²) >= 11 is 0. The molecular formula is C34H43FN4O5. The smallest absolute Gasteiger partial charge is 0.333 e. The van der Waals surface area contributed by atoms with E-state index in [9.17, 15) is 18.8 Å². The zero-order valence-corrected chi connectivity index (χ0v) is 25.5. The first kappa shape index (κ1) is 30.5. The van der Waals surface area contributed by atoms with Crippen molar-refractivity contribution >= 4 is 18.0 Å². The number of aromatic nitrogens is 1. The Hall–Kier alpha value is -3.53. The number of carbonyl (C=O) groups excluding carboxylic acids is 3. The lowest BCUT2D eigenvalue weighted by Crippen LogP contribution is -2.59. The molecule has 2 aromatic rings. The Bertz CT molecular complexity index is 1310. The molecule has 6 fully saturated rings. The fourth-order valence-corrected chi connectivity index (χ4v) is 7.85. The highest BCUT2D eigenvalue weighted by Crippen LogP contribution is 2.54. The van der Waals surface area contributed by atoms with Crippen LogP contribution in [0.1, 0.15) is 81.1 Å². The van der Waals surface area contributed by atoms with Gasteiger partial charge in [-0.25, -0.2) is 18.8 Å². The molecule has 4 bridgehead atoms. The third-order valence-corrected chi connectivity index (χ3v) is 9.96. The number of nitrogens with one attached hydrogen (secondary N) is 2. The summed E-state index contributed by atoms with van der Waals surface area (Å²) in [6, 6.07) is 10.5. The van der Waals surface area contributed by atoms with Gasteiger partial charge in [0.05, 0.1) is 19.9 Å². The summed E-state index contributed by atoms with van der Waals surface area (Å²) in [7, 11) is 2.71. The van der Waals surface area contributed by atoms with Crippen LogP contribution in [0.2, 0.25) is 0 Å². The predicted octanol–water partition coefficient (Wildman–Crippen LogP) is 5.09. The molecule has 10 heteroatoms. The standard InChI is InChI=1S/C23H29FN2O3.C11H14N2O2/c1-29-22(27)21(15-3-2-4-18(24)12-15)26(19-5-6-19)23(28)25-20-16-8-13-7-14(10-16)11-17(20)9-13;1-15-11(14)10(13-8-5-6-8)9-4-2-3-7-12-9/h2-4,12-14,16-17,19-21H,5-11H2,1H3,(H,25,28);2-4,7-8,10,13H,5-6H2,1H3. The van der Waals surface area contributed by atoms with E-state index >= 15 is 0 Å². The van der Waals surface area contributed by atoms with Gasteiger partial charge in [0.2, 0.25) is 0 Å². The fraction of sp³-hybridized carbons (Fsp3) is 0.588. The maximum absolute atomic E-state index is 13.9. The van der Waals surface area contributed by atoms with Gasteiger partial charge in [-0.3, -0.25) is 10.3 Å². The van der Waals surface area contributed by atoms with E-state index in [0.29, 0.717) is 23.4 Å². The molecule has 0 saturated heterocycles. The van der Waals surface area contributed by atoms with Crippen molar-refractivity contribution in [3.8, 4) is 0 Å². The molecule has 6 aliphatic rings. The van der Waals surface area contributed by atoms with Gasteiger partial charge in [-0.15, -0.1) is 0 Å². The highest BCUT2D eigenvalue weighted by Gasteiger charge is 2.50. The third kappa shape index (κ3) is 6.90. The lowest BCUT2D eigenvalue weighted by molar-refractivity contribution is -0.146. The number of hydrogen-bond donors (Lipinski definition) is 2. The lowest BCUT2D eigenvalue weighted by atomic mass is 9.54. The van der Waals surface area contributed by atoms with E-state index in [1.54, 1.807) is 23.2 Å². The molecule has 0 aliphatic heterocycles. The first-order valence-electron chi connectivity index (χ1n) is 16.0. The number of rotatable bonds is 9. The van der Waals surface area contributed by atoms with E-state index in [-0.39, 0.29) is 24.1 Å². The molecule has 6 aliphatic carbocycles. The van der Waals surface area contributed by atoms with Crippen LogP contribution in [0.15, 0.2) is 48.7 Å². The summed E-state index contributed by atoms with van der Waals surface area (Å²) in [4.78, 5) is 43.5. The zero-order chi connectivity index (χ0) is 30.8. The number of esters is 2. The van der Waals surface area contributed by atoms with Crippen molar-refractivity contribution in [3.63, 3.8) is 0 Å². The average Bonchev–Trinajstić information content (AvgIpc) is 3.96. The van der Waals surface area contributed by atoms with Gasteiger partial charge in [-0.1, -0.05) is 18.2 Å². The Kier molecular flexibility index (Phi) is 9.16. The highest BCUT2D eigenvalue weighted by atomic mass is 19.1. The molecule has 1 aromatic carbocycles. The van der Waals surface area contributed by atoms with Crippen molar-refractivity contribution in [3.05, 3.63) is 65.7 Å². The Morgan fingerprint density at radius 1 is 0.886 bits per heavy atom. The average molecular weight is 607 g/mol. The van der Waals surface area contributed by atoms with Crippen molar-refractivity contribution in [2.24, 2.45) is 23.7 Å². The van der Waals surface area contributed by atoms with Gasteiger partial charge in [-0.05, 0) is 111 Å². The number of pyridine rings is 1. The maximum Gasteiger partial charge on any atom is 0.333 e. The Morgan fingerprint density at radius 2 is 1.57 bits per heavy atom. The number of urea groups is 1. The van der Waals surface area contributed by atoms with Crippen molar-refractivity contribution < 1.29 is 28.2 Å². The van der Waals surface area contributed by atoms with Crippen LogP contribution < -0.4 is 10.6 Å². The van der Waals surface area contributed by atoms with E-state index < -0.39 is 23.9 Å². The summed E-state index contributed by atoms with van der Waals surface area (Å²) in [5.41, 5.74) is 1.18. The zero-order valence-electron chi connectivity index (χ0n) is 25.5. The first-order valence-corrected chi connectivity index (χ1v) is 16.0. The number of amides is 2. The van der Waals surface area contributed by atoms with Crippen LogP contribution in [0.25, 0.3) is 0 Å². The van der Waals surface area contributed by atoms with Crippen LogP contribution in [-0.2, 0) is 19.1 Å². The SMILES string of the molecule is COC(=O)C(NC1CC1)c1ccccn1.COC(=O)C(c1cccc(F)c1)N(C(=O)NC1C2CC3CC(C2)CC1C3)C1CC1. The third-order valence-electron chi connectivity index (χ3n) is 9.96. The summed E-state index contributed by atoms with van der Waals surface area (Å²) in [6.07, 6.45) is 11.9. The summed E-state index contributed by atoms with van der Waals surface area (Å²) in [5, 5.41) is 6.53. The fourth-order valence-electron chi connectivity index (χ4n) is 7.85. The van der Waals surface area contributed by atoms with Crippen LogP contribution in [0, 0.1) is 29.5 Å². The van der Waals surface area contributed by atoms with Crippen LogP contribution in [-0.4, -0.2) is 60.2 Å². The van der Waals surface area contributed by atoms with Gasteiger partial charge >= 0.3 is 18.0 Å². The molecule has 2 unspecified atom stereocenters. The van der Waals surface area contributed by atoms with Crippen LogP contribution >= 0.6 is 0 Å². The molecule has 236 valence electrons. The Morgan fingerprint density at radius 3 is 2.11 bits per heavy atom. The Labute approximate surface area is 258 Å². The minimum absolute atomic E-state index is 0.000740. The molecule has 44 heavy (non-hydrogen) atoms. The second-order valence-electron chi connectivity index (χ2n) is 13.2. The second kappa shape index (κ2) is 13.2. The molecule has 2 atom stereocenters. The number of benzene rings is 1. The molecule has 8 rings (SSSR count). The topological polar surface area (TPSA) is 110 Å². The molecule has 0 radical (unpaired) electrons. The molecular weight excluding hydrogens is 563 g/mol. The molecule has 1 aromatic heterocycles. The summed E-state index contributed by atoms with van der Waals surface area (Å²) in [5.74, 6) is 1.56. The number of ether oxygens (including phenoxy) is 2. The van der Waals surface area contributed by atoms with Crippen LogP contribution in [0.3, 0.4) is 0 Å². The first-order chi connectivity index (χ1) is 21.3. The minimum Gasteiger partial charge on any atom is -0.468 e. The van der Waals surface area contributed by atoms with Crippen molar-refractivity contribution in [1.82, 2.24) is 20.5 Å². The summed E-state index contributed by atoms with van der Waals surface area (Å²) in [6.45, 7) is 0. The largest absolute Gasteiger partial charge is 0.468 e. The molecule has 2 N–H and O–H groups in total. The van der Waals surface area contributed by atoms with Gasteiger partial charge < -0.3 is 19.7 Å². The van der Waals surface area contributed by atoms with Crippen molar-refractivity contribution in [1.29, 1.82) is 0 Å².